The van der Waals surface area contributed by atoms with E-state index in [1.807, 2.05) is 12.1 Å². The van der Waals surface area contributed by atoms with Crippen molar-refractivity contribution in [2.75, 3.05) is 13.1 Å². The zero-order valence-corrected chi connectivity index (χ0v) is 17.6. The second-order valence-electron chi connectivity index (χ2n) is 7.15. The van der Waals surface area contributed by atoms with Crippen molar-refractivity contribution in [1.29, 1.82) is 0 Å². The lowest BCUT2D eigenvalue weighted by atomic mass is 10.0. The molecule has 8 heteroatoms. The van der Waals surface area contributed by atoms with Crippen LogP contribution in [-0.2, 0) is 21.2 Å². The summed E-state index contributed by atoms with van der Waals surface area (Å²) in [4.78, 5) is 12.5. The fourth-order valence-electron chi connectivity index (χ4n) is 3.52. The van der Waals surface area contributed by atoms with Gasteiger partial charge in [0.25, 0.3) is 0 Å². The summed E-state index contributed by atoms with van der Waals surface area (Å²) in [6.45, 7) is 0.834. The highest BCUT2D eigenvalue weighted by molar-refractivity contribution is 7.89. The lowest BCUT2D eigenvalue weighted by Crippen LogP contribution is -2.46. The van der Waals surface area contributed by atoms with Crippen molar-refractivity contribution in [3.8, 4) is 0 Å². The Morgan fingerprint density at radius 2 is 1.79 bits per heavy atom. The van der Waals surface area contributed by atoms with E-state index in [-0.39, 0.29) is 17.2 Å². The maximum atomic E-state index is 13.2. The Morgan fingerprint density at radius 1 is 1.10 bits per heavy atom. The van der Waals surface area contributed by atoms with Crippen molar-refractivity contribution < 1.29 is 17.6 Å². The van der Waals surface area contributed by atoms with E-state index in [4.69, 9.17) is 11.6 Å². The van der Waals surface area contributed by atoms with Crippen LogP contribution in [0.25, 0.3) is 0 Å². The van der Waals surface area contributed by atoms with Crippen LogP contribution in [0, 0.1) is 5.82 Å². The van der Waals surface area contributed by atoms with E-state index in [1.54, 1.807) is 12.1 Å². The van der Waals surface area contributed by atoms with Crippen molar-refractivity contribution in [2.24, 2.45) is 0 Å². The minimum absolute atomic E-state index is 0.0500. The average molecular weight is 439 g/mol. The smallest absolute Gasteiger partial charge is 0.243 e. The molecule has 1 aliphatic heterocycles. The molecule has 3 rings (SSSR count). The molecule has 156 valence electrons. The molecule has 1 N–H and O–H groups in total. The first kappa shape index (κ1) is 21.7. The van der Waals surface area contributed by atoms with Crippen LogP contribution < -0.4 is 5.32 Å². The Bertz CT molecular complexity index is 933. The zero-order valence-electron chi connectivity index (χ0n) is 16.0. The van der Waals surface area contributed by atoms with Gasteiger partial charge in [-0.25, -0.2) is 12.8 Å². The predicted octanol–water partition coefficient (Wildman–Crippen LogP) is 3.77. The number of hydrogen-bond donors (Lipinski definition) is 1. The summed E-state index contributed by atoms with van der Waals surface area (Å²) >= 11 is 5.86. The Labute approximate surface area is 175 Å². The lowest BCUT2D eigenvalue weighted by molar-refractivity contribution is -0.122. The van der Waals surface area contributed by atoms with Gasteiger partial charge in [-0.1, -0.05) is 30.2 Å². The van der Waals surface area contributed by atoms with Crippen molar-refractivity contribution in [1.82, 2.24) is 9.62 Å². The maximum Gasteiger partial charge on any atom is 0.243 e. The molecule has 1 saturated heterocycles. The van der Waals surface area contributed by atoms with Gasteiger partial charge in [0.15, 0.2) is 0 Å². The van der Waals surface area contributed by atoms with E-state index >= 15 is 0 Å². The molecule has 2 aromatic rings. The molecule has 1 atom stereocenters. The van der Waals surface area contributed by atoms with Crippen LogP contribution in [0.2, 0.25) is 5.02 Å². The van der Waals surface area contributed by atoms with Gasteiger partial charge in [0.05, 0.1) is 4.90 Å². The van der Waals surface area contributed by atoms with Crippen LogP contribution in [0.1, 0.15) is 31.2 Å². The molecule has 0 aliphatic carbocycles. The molecule has 5 nitrogen and oxygen atoms in total. The number of carbonyl (C=O) groups excluding carboxylic acids is 1. The summed E-state index contributed by atoms with van der Waals surface area (Å²) in [5, 5.41) is 3.53. The maximum absolute atomic E-state index is 13.2. The third-order valence-corrected chi connectivity index (χ3v) is 7.28. The normalized spacial score (nSPS) is 17.8. The van der Waals surface area contributed by atoms with Crippen LogP contribution in [0.15, 0.2) is 53.4 Å². The molecule has 1 heterocycles. The number of carbonyl (C=O) groups is 1. The molecule has 1 unspecified atom stereocenters. The van der Waals surface area contributed by atoms with Crippen LogP contribution >= 0.6 is 11.6 Å². The fourth-order valence-corrected chi connectivity index (χ4v) is 5.34. The Balaban J connectivity index is 1.59. The van der Waals surface area contributed by atoms with Crippen molar-refractivity contribution >= 4 is 27.5 Å². The van der Waals surface area contributed by atoms with E-state index in [0.717, 1.165) is 30.5 Å². The summed E-state index contributed by atoms with van der Waals surface area (Å²) in [5.41, 5.74) is 1.06. The van der Waals surface area contributed by atoms with E-state index in [1.165, 1.54) is 16.4 Å². The summed E-state index contributed by atoms with van der Waals surface area (Å²) in [6, 6.07) is 11.8. The van der Waals surface area contributed by atoms with Crippen molar-refractivity contribution in [3.63, 3.8) is 0 Å². The first-order valence-corrected chi connectivity index (χ1v) is 11.5. The van der Waals surface area contributed by atoms with E-state index < -0.39 is 21.9 Å². The summed E-state index contributed by atoms with van der Waals surface area (Å²) in [5.74, 6) is -0.663. The Kier molecular flexibility index (Phi) is 7.27. The monoisotopic (exact) mass is 438 g/mol. The number of halogens is 2. The van der Waals surface area contributed by atoms with Crippen LogP contribution in [-0.4, -0.2) is 37.8 Å². The highest BCUT2D eigenvalue weighted by Gasteiger charge is 2.34. The molecular weight excluding hydrogens is 415 g/mol. The van der Waals surface area contributed by atoms with Gasteiger partial charge in [-0.2, -0.15) is 4.31 Å². The predicted molar refractivity (Wildman–Crippen MR) is 111 cm³/mol. The minimum atomic E-state index is -3.77. The molecular formula is C21H24ClFN2O3S. The van der Waals surface area contributed by atoms with Crippen molar-refractivity contribution in [2.45, 2.75) is 43.0 Å². The second kappa shape index (κ2) is 9.69. The zero-order chi connectivity index (χ0) is 20.9. The molecule has 29 heavy (non-hydrogen) atoms. The first-order chi connectivity index (χ1) is 13.9. The van der Waals surface area contributed by atoms with Gasteiger partial charge in [-0.15, -0.1) is 0 Å². The number of hydrogen-bond acceptors (Lipinski definition) is 3. The van der Waals surface area contributed by atoms with E-state index in [0.29, 0.717) is 31.0 Å². The Morgan fingerprint density at radius 3 is 2.48 bits per heavy atom. The SMILES string of the molecule is O=C(CC1CCCCN1S(=O)(=O)c1ccc(F)cc1)NCCc1ccc(Cl)cc1. The molecule has 0 saturated carbocycles. The number of benzene rings is 2. The van der Waals surface area contributed by atoms with Gasteiger partial charge in [-0.3, -0.25) is 4.79 Å². The first-order valence-electron chi connectivity index (χ1n) is 9.65. The third kappa shape index (κ3) is 5.78. The fraction of sp³-hybridized carbons (Fsp3) is 0.381. The standard InChI is InChI=1S/C21H24ClFN2O3S/c22-17-6-4-16(5-7-17)12-13-24-21(26)15-19-3-1-2-14-25(19)29(27,28)20-10-8-18(23)9-11-20/h4-11,19H,1-3,12-15H2,(H,24,26). The van der Waals surface area contributed by atoms with Gasteiger partial charge in [0, 0.05) is 30.6 Å². The summed E-state index contributed by atoms with van der Waals surface area (Å²) < 4.78 is 40.5. The molecule has 0 spiro atoms. The molecule has 1 fully saturated rings. The number of nitrogens with one attached hydrogen (secondary N) is 1. The van der Waals surface area contributed by atoms with Crippen molar-refractivity contribution in [3.05, 3.63) is 64.9 Å². The minimum Gasteiger partial charge on any atom is -0.356 e. The van der Waals surface area contributed by atoms with Crippen LogP contribution in [0.5, 0.6) is 0 Å². The lowest BCUT2D eigenvalue weighted by Gasteiger charge is -2.34. The topological polar surface area (TPSA) is 66.5 Å². The quantitative estimate of drug-likeness (QED) is 0.715. The number of amides is 1. The van der Waals surface area contributed by atoms with Gasteiger partial charge < -0.3 is 5.32 Å². The largest absolute Gasteiger partial charge is 0.356 e. The molecule has 0 aromatic heterocycles. The molecule has 1 amide bonds. The van der Waals surface area contributed by atoms with Gasteiger partial charge in [0.2, 0.25) is 15.9 Å². The second-order valence-corrected chi connectivity index (χ2v) is 9.48. The highest BCUT2D eigenvalue weighted by atomic mass is 35.5. The number of nitrogens with zero attached hydrogens (tertiary/aromatic N) is 1. The number of sulfonamides is 1. The van der Waals surface area contributed by atoms with Gasteiger partial charge >= 0.3 is 0 Å². The van der Waals surface area contributed by atoms with Crippen LogP contribution in [0.4, 0.5) is 4.39 Å². The third-order valence-electron chi connectivity index (χ3n) is 5.06. The Hall–Kier alpha value is -1.96. The molecule has 0 radical (unpaired) electrons. The van der Waals surface area contributed by atoms with Gasteiger partial charge in [0.1, 0.15) is 5.82 Å². The molecule has 0 bridgehead atoms. The van der Waals surface area contributed by atoms with Crippen LogP contribution in [0.3, 0.4) is 0 Å². The molecule has 1 aliphatic rings. The van der Waals surface area contributed by atoms with E-state index in [9.17, 15) is 17.6 Å². The molecule has 2 aromatic carbocycles. The average Bonchev–Trinajstić information content (AvgIpc) is 2.70. The number of rotatable bonds is 7. The van der Waals surface area contributed by atoms with E-state index in [2.05, 4.69) is 5.32 Å². The summed E-state index contributed by atoms with van der Waals surface area (Å²) in [6.07, 6.45) is 3.03. The number of piperidine rings is 1. The summed E-state index contributed by atoms with van der Waals surface area (Å²) in [7, 11) is -3.77. The van der Waals surface area contributed by atoms with Gasteiger partial charge in [-0.05, 0) is 61.2 Å². The highest BCUT2D eigenvalue weighted by Crippen LogP contribution is 2.27.